The number of aliphatic hydroxyl groups is 1. The van der Waals surface area contributed by atoms with Crippen LogP contribution in [-0.4, -0.2) is 5.11 Å². The first-order valence-electron chi connectivity index (χ1n) is 3.15. The minimum Gasteiger partial charge on any atom is -0.508 e. The fourth-order valence-electron chi connectivity index (χ4n) is 0.859. The van der Waals surface area contributed by atoms with Crippen molar-refractivity contribution in [1.82, 2.24) is 0 Å². The minimum atomic E-state index is -0.595. The Labute approximate surface area is 77.6 Å². The summed E-state index contributed by atoms with van der Waals surface area (Å²) in [4.78, 5) is 0. The third kappa shape index (κ3) is 1.43. The van der Waals surface area contributed by atoms with E-state index < -0.39 is 5.82 Å². The number of rotatable bonds is 1. The highest BCUT2D eigenvalue weighted by Crippen LogP contribution is 2.27. The lowest BCUT2D eigenvalue weighted by molar-refractivity contribution is 0.504. The molecule has 1 aromatic carbocycles. The molecule has 0 bridgehead atoms. The number of aliphatic hydroxyl groups excluding tert-OH is 1. The smallest absolute Gasteiger partial charge is 0.150 e. The van der Waals surface area contributed by atoms with Crippen molar-refractivity contribution in [3.63, 3.8) is 0 Å². The molecule has 0 amide bonds. The highest BCUT2D eigenvalue weighted by molar-refractivity contribution is 9.10. The van der Waals surface area contributed by atoms with Gasteiger partial charge in [0, 0.05) is 5.69 Å². The Morgan fingerprint density at radius 3 is 2.58 bits per heavy atom. The fraction of sp³-hybridized carbons (Fsp3) is 0. The molecule has 1 rings (SSSR count). The van der Waals surface area contributed by atoms with Crippen LogP contribution in [0.4, 0.5) is 10.1 Å². The van der Waals surface area contributed by atoms with E-state index in [1.807, 2.05) is 0 Å². The maximum absolute atomic E-state index is 13.2. The molecule has 0 atom stereocenters. The maximum atomic E-state index is 13.2. The molecule has 1 aromatic rings. The van der Waals surface area contributed by atoms with Crippen molar-refractivity contribution in [3.05, 3.63) is 34.6 Å². The highest BCUT2D eigenvalue weighted by atomic mass is 79.9. The van der Waals surface area contributed by atoms with E-state index in [2.05, 4.69) is 22.5 Å². The van der Waals surface area contributed by atoms with E-state index in [9.17, 15) is 4.39 Å². The van der Waals surface area contributed by atoms with Crippen LogP contribution in [-0.2, 0) is 0 Å². The molecule has 0 aliphatic heterocycles. The maximum Gasteiger partial charge on any atom is 0.150 e. The molecule has 64 valence electrons. The molecule has 0 heterocycles. The van der Waals surface area contributed by atoms with Gasteiger partial charge in [0.1, 0.15) is 11.6 Å². The molecule has 0 saturated carbocycles. The lowest BCUT2D eigenvalue weighted by Gasteiger charge is -2.05. The molecule has 0 aliphatic carbocycles. The van der Waals surface area contributed by atoms with Crippen LogP contribution in [0.3, 0.4) is 0 Å². The Bertz CT molecular complexity index is 338. The van der Waals surface area contributed by atoms with E-state index in [1.54, 1.807) is 0 Å². The van der Waals surface area contributed by atoms with E-state index in [0.29, 0.717) is 0 Å². The van der Waals surface area contributed by atoms with Gasteiger partial charge < -0.3 is 10.8 Å². The van der Waals surface area contributed by atoms with Gasteiger partial charge in [-0.25, -0.2) is 4.39 Å². The van der Waals surface area contributed by atoms with Crippen LogP contribution in [0.5, 0.6) is 0 Å². The highest BCUT2D eigenvalue weighted by Gasteiger charge is 2.11. The Kier molecular flexibility index (Phi) is 2.38. The van der Waals surface area contributed by atoms with E-state index in [1.165, 1.54) is 12.1 Å². The van der Waals surface area contributed by atoms with Gasteiger partial charge in [0.15, 0.2) is 0 Å². The molecule has 0 unspecified atom stereocenters. The van der Waals surface area contributed by atoms with Gasteiger partial charge in [0.2, 0.25) is 0 Å². The summed E-state index contributed by atoms with van der Waals surface area (Å²) in [6.45, 7) is 3.20. The van der Waals surface area contributed by atoms with Crippen molar-refractivity contribution in [2.24, 2.45) is 0 Å². The SMILES string of the molecule is C=C(O)c1c(N)ccc(Br)c1F. The van der Waals surface area contributed by atoms with Crippen molar-refractivity contribution < 1.29 is 9.50 Å². The molecule has 4 heteroatoms. The largest absolute Gasteiger partial charge is 0.508 e. The Morgan fingerprint density at radius 2 is 2.17 bits per heavy atom. The molecule has 0 saturated heterocycles. The van der Waals surface area contributed by atoms with Gasteiger partial charge in [-0.3, -0.25) is 0 Å². The number of nitrogen functional groups attached to an aromatic ring is 1. The topological polar surface area (TPSA) is 46.2 Å². The van der Waals surface area contributed by atoms with E-state index in [-0.39, 0.29) is 21.5 Å². The van der Waals surface area contributed by atoms with Crippen molar-refractivity contribution in [3.8, 4) is 0 Å². The second-order valence-electron chi connectivity index (χ2n) is 2.27. The van der Waals surface area contributed by atoms with Crippen LogP contribution in [0.25, 0.3) is 5.76 Å². The van der Waals surface area contributed by atoms with Gasteiger partial charge in [0.05, 0.1) is 10.0 Å². The van der Waals surface area contributed by atoms with Crippen LogP contribution in [0.2, 0.25) is 0 Å². The van der Waals surface area contributed by atoms with Gasteiger partial charge in [-0.15, -0.1) is 0 Å². The number of nitrogens with two attached hydrogens (primary N) is 1. The minimum absolute atomic E-state index is 0.0515. The lowest BCUT2D eigenvalue weighted by Crippen LogP contribution is -1.97. The van der Waals surface area contributed by atoms with Crippen LogP contribution in [0.15, 0.2) is 23.2 Å². The molecule has 0 aliphatic rings. The predicted octanol–water partition coefficient (Wildman–Crippen LogP) is 2.70. The van der Waals surface area contributed by atoms with Crippen LogP contribution in [0, 0.1) is 5.82 Å². The summed E-state index contributed by atoms with van der Waals surface area (Å²) in [7, 11) is 0. The summed E-state index contributed by atoms with van der Waals surface area (Å²) in [5, 5.41) is 8.97. The average molecular weight is 232 g/mol. The first-order valence-corrected chi connectivity index (χ1v) is 3.95. The van der Waals surface area contributed by atoms with Crippen molar-refractivity contribution in [2.75, 3.05) is 5.73 Å². The monoisotopic (exact) mass is 231 g/mol. The zero-order chi connectivity index (χ0) is 9.30. The number of benzene rings is 1. The third-order valence-electron chi connectivity index (χ3n) is 1.42. The summed E-state index contributed by atoms with van der Waals surface area (Å²) in [5.74, 6) is -0.964. The van der Waals surface area contributed by atoms with Crippen molar-refractivity contribution in [1.29, 1.82) is 0 Å². The van der Waals surface area contributed by atoms with Gasteiger partial charge >= 0.3 is 0 Å². The van der Waals surface area contributed by atoms with Crippen molar-refractivity contribution in [2.45, 2.75) is 0 Å². The number of hydrogen-bond donors (Lipinski definition) is 2. The van der Waals surface area contributed by atoms with Gasteiger partial charge in [-0.05, 0) is 28.1 Å². The molecular formula is C8H7BrFNO. The number of anilines is 1. The molecule has 0 radical (unpaired) electrons. The van der Waals surface area contributed by atoms with Crippen LogP contribution in [0.1, 0.15) is 5.56 Å². The second kappa shape index (κ2) is 3.15. The van der Waals surface area contributed by atoms with E-state index >= 15 is 0 Å². The molecule has 12 heavy (non-hydrogen) atoms. The third-order valence-corrected chi connectivity index (χ3v) is 2.03. The molecule has 3 N–H and O–H groups in total. The number of hydrogen-bond acceptors (Lipinski definition) is 2. The zero-order valence-electron chi connectivity index (χ0n) is 6.14. The Morgan fingerprint density at radius 1 is 1.58 bits per heavy atom. The summed E-state index contributed by atoms with van der Waals surface area (Å²) in [6, 6.07) is 2.96. The fourth-order valence-corrected chi connectivity index (χ4v) is 1.19. The first-order chi connectivity index (χ1) is 5.54. The van der Waals surface area contributed by atoms with Gasteiger partial charge in [-0.2, -0.15) is 0 Å². The zero-order valence-corrected chi connectivity index (χ0v) is 7.73. The molecule has 0 aromatic heterocycles. The standard InChI is InChI=1S/C8H7BrFNO/c1-4(12)7-6(11)3-2-5(9)8(7)10/h2-3,12H,1,11H2. The van der Waals surface area contributed by atoms with Gasteiger partial charge in [0.25, 0.3) is 0 Å². The van der Waals surface area contributed by atoms with Crippen LogP contribution < -0.4 is 5.73 Å². The van der Waals surface area contributed by atoms with E-state index in [0.717, 1.165) is 0 Å². The molecule has 0 spiro atoms. The second-order valence-corrected chi connectivity index (χ2v) is 3.13. The van der Waals surface area contributed by atoms with Gasteiger partial charge in [-0.1, -0.05) is 6.58 Å². The number of halogens is 2. The molecular weight excluding hydrogens is 225 g/mol. The average Bonchev–Trinajstić information content (AvgIpc) is 1.97. The Hall–Kier alpha value is -1.03. The van der Waals surface area contributed by atoms with Crippen LogP contribution >= 0.6 is 15.9 Å². The lowest BCUT2D eigenvalue weighted by atomic mass is 10.1. The van der Waals surface area contributed by atoms with Crippen molar-refractivity contribution >= 4 is 27.4 Å². The first kappa shape index (κ1) is 9.06. The quantitative estimate of drug-likeness (QED) is 0.577. The summed E-state index contributed by atoms with van der Waals surface area (Å²) in [5.41, 5.74) is 5.53. The summed E-state index contributed by atoms with van der Waals surface area (Å²) < 4.78 is 13.4. The molecule has 2 nitrogen and oxygen atoms in total. The molecule has 0 fully saturated rings. The predicted molar refractivity (Wildman–Crippen MR) is 50.2 cm³/mol. The summed E-state index contributed by atoms with van der Waals surface area (Å²) in [6.07, 6.45) is 0. The Balaban J connectivity index is 3.43. The normalized spacial score (nSPS) is 9.83. The van der Waals surface area contributed by atoms with E-state index in [4.69, 9.17) is 10.8 Å². The summed E-state index contributed by atoms with van der Waals surface area (Å²) >= 11 is 2.97.